The summed E-state index contributed by atoms with van der Waals surface area (Å²) in [5.41, 5.74) is 2.83. The van der Waals surface area contributed by atoms with Crippen molar-refractivity contribution >= 4 is 29.6 Å². The Balaban J connectivity index is 1.08. The molecule has 0 saturated carbocycles. The van der Waals surface area contributed by atoms with Crippen molar-refractivity contribution in [3.8, 4) is 11.1 Å². The third-order valence-electron chi connectivity index (χ3n) is 8.78. The van der Waals surface area contributed by atoms with Gasteiger partial charge in [0.2, 0.25) is 11.8 Å². The zero-order valence-electron chi connectivity index (χ0n) is 26.4. The Kier molecular flexibility index (Phi) is 10.9. The molecule has 0 radical (unpaired) electrons. The number of carbonyl (C=O) groups excluding carboxylic acids is 4. The summed E-state index contributed by atoms with van der Waals surface area (Å²) < 4.78 is 5.24. The fourth-order valence-corrected chi connectivity index (χ4v) is 6.21. The predicted molar refractivity (Wildman–Crippen MR) is 177 cm³/mol. The first-order valence-electron chi connectivity index (χ1n) is 16.2. The Morgan fingerprint density at radius 1 is 0.891 bits per heavy atom. The molecular formula is C36H43N5O5. The maximum absolute atomic E-state index is 13.6. The molecule has 1 spiro atoms. The summed E-state index contributed by atoms with van der Waals surface area (Å²) in [5, 5.41) is 8.71. The molecule has 2 aliphatic heterocycles. The lowest BCUT2D eigenvalue weighted by molar-refractivity contribution is -0.160. The quantitative estimate of drug-likeness (QED) is 0.241. The Morgan fingerprint density at radius 3 is 2.22 bits per heavy atom. The maximum atomic E-state index is 13.6. The first kappa shape index (κ1) is 32.5. The van der Waals surface area contributed by atoms with Crippen LogP contribution in [0, 0.1) is 0 Å². The second kappa shape index (κ2) is 15.4. The van der Waals surface area contributed by atoms with E-state index in [0.717, 1.165) is 23.1 Å². The van der Waals surface area contributed by atoms with Crippen LogP contribution in [0.4, 0.5) is 15.3 Å². The fourth-order valence-electron chi connectivity index (χ4n) is 6.21. The molecule has 2 heterocycles. The average Bonchev–Trinajstić information content (AvgIpc) is 3.09. The summed E-state index contributed by atoms with van der Waals surface area (Å²) in [7, 11) is 0. The number of carbonyl (C=O) groups is 4. The van der Waals surface area contributed by atoms with Gasteiger partial charge in [-0.2, -0.15) is 0 Å². The van der Waals surface area contributed by atoms with Gasteiger partial charge in [0.1, 0.15) is 18.2 Å². The lowest BCUT2D eigenvalue weighted by Crippen LogP contribution is -2.73. The highest BCUT2D eigenvalue weighted by Crippen LogP contribution is 2.34. The third-order valence-corrected chi connectivity index (χ3v) is 8.78. The molecule has 46 heavy (non-hydrogen) atoms. The molecular weight excluding hydrogens is 582 g/mol. The molecule has 242 valence electrons. The van der Waals surface area contributed by atoms with Gasteiger partial charge in [-0.15, -0.1) is 0 Å². The molecule has 5 amide bonds. The van der Waals surface area contributed by atoms with Crippen molar-refractivity contribution in [3.05, 3.63) is 90.5 Å². The minimum Gasteiger partial charge on any atom is -0.445 e. The largest absolute Gasteiger partial charge is 0.445 e. The average molecular weight is 626 g/mol. The molecule has 2 saturated heterocycles. The molecule has 2 fully saturated rings. The molecule has 0 aromatic heterocycles. The number of likely N-dealkylation sites (tertiary alicyclic amines) is 1. The van der Waals surface area contributed by atoms with Gasteiger partial charge in [0.05, 0.1) is 0 Å². The van der Waals surface area contributed by atoms with E-state index in [-0.39, 0.29) is 24.5 Å². The van der Waals surface area contributed by atoms with Crippen LogP contribution >= 0.6 is 0 Å². The summed E-state index contributed by atoms with van der Waals surface area (Å²) in [4.78, 5) is 55.8. The molecule has 1 atom stereocenters. The van der Waals surface area contributed by atoms with Crippen molar-refractivity contribution < 1.29 is 23.9 Å². The summed E-state index contributed by atoms with van der Waals surface area (Å²) in [5.74, 6) is -0.224. The van der Waals surface area contributed by atoms with Crippen molar-refractivity contribution in [1.82, 2.24) is 20.4 Å². The molecule has 0 aliphatic carbocycles. The van der Waals surface area contributed by atoms with Gasteiger partial charge in [-0.05, 0) is 67.3 Å². The number of nitrogens with one attached hydrogen (secondary N) is 3. The Hall–Kier alpha value is -4.86. The van der Waals surface area contributed by atoms with Crippen LogP contribution < -0.4 is 16.0 Å². The van der Waals surface area contributed by atoms with Crippen LogP contribution in [0.5, 0.6) is 0 Å². The van der Waals surface area contributed by atoms with E-state index >= 15 is 0 Å². The van der Waals surface area contributed by atoms with E-state index in [1.807, 2.05) is 91.9 Å². The van der Waals surface area contributed by atoms with Gasteiger partial charge in [0, 0.05) is 31.9 Å². The van der Waals surface area contributed by atoms with Gasteiger partial charge in [0.15, 0.2) is 0 Å². The lowest BCUT2D eigenvalue weighted by atomic mass is 9.81. The van der Waals surface area contributed by atoms with Crippen LogP contribution in [0.2, 0.25) is 0 Å². The number of nitrogens with zero attached hydrogens (tertiary/aromatic N) is 2. The molecule has 0 unspecified atom stereocenters. The number of benzene rings is 3. The van der Waals surface area contributed by atoms with E-state index in [4.69, 9.17) is 4.74 Å². The van der Waals surface area contributed by atoms with Crippen LogP contribution in [-0.4, -0.2) is 71.5 Å². The maximum Gasteiger partial charge on any atom is 0.407 e. The van der Waals surface area contributed by atoms with Crippen LogP contribution in [-0.2, 0) is 20.9 Å². The van der Waals surface area contributed by atoms with E-state index in [2.05, 4.69) is 16.0 Å². The number of urea groups is 1. The molecule has 5 rings (SSSR count). The number of alkyl carbamates (subject to hydrolysis) is 1. The van der Waals surface area contributed by atoms with Gasteiger partial charge in [0.25, 0.3) is 0 Å². The summed E-state index contributed by atoms with van der Waals surface area (Å²) in [6.07, 6.45) is 2.80. The zero-order valence-corrected chi connectivity index (χ0v) is 26.4. The fraction of sp³-hybridized carbons (Fsp3) is 0.389. The van der Waals surface area contributed by atoms with Crippen LogP contribution in [0.15, 0.2) is 84.9 Å². The smallest absolute Gasteiger partial charge is 0.407 e. The highest BCUT2D eigenvalue weighted by molar-refractivity contribution is 6.00. The first-order chi connectivity index (χ1) is 22.4. The van der Waals surface area contributed by atoms with Gasteiger partial charge in [-0.25, -0.2) is 9.59 Å². The van der Waals surface area contributed by atoms with Gasteiger partial charge >= 0.3 is 12.1 Å². The lowest BCUT2D eigenvalue weighted by Gasteiger charge is -2.51. The minimum atomic E-state index is -0.957. The molecule has 3 aromatic carbocycles. The summed E-state index contributed by atoms with van der Waals surface area (Å²) >= 11 is 0. The number of piperazine rings is 1. The summed E-state index contributed by atoms with van der Waals surface area (Å²) in [6.45, 7) is 3.83. The van der Waals surface area contributed by atoms with Gasteiger partial charge < -0.3 is 30.5 Å². The molecule has 2 aliphatic rings. The van der Waals surface area contributed by atoms with Crippen molar-refractivity contribution in [1.29, 1.82) is 0 Å². The molecule has 10 nitrogen and oxygen atoms in total. The monoisotopic (exact) mass is 625 g/mol. The third kappa shape index (κ3) is 7.85. The Morgan fingerprint density at radius 2 is 1.54 bits per heavy atom. The summed E-state index contributed by atoms with van der Waals surface area (Å²) in [6, 6.07) is 26.4. The topological polar surface area (TPSA) is 120 Å². The number of anilines is 1. The van der Waals surface area contributed by atoms with Crippen LogP contribution in [0.1, 0.15) is 51.0 Å². The Bertz CT molecular complexity index is 1470. The number of amides is 5. The van der Waals surface area contributed by atoms with E-state index in [0.29, 0.717) is 64.0 Å². The number of rotatable bonds is 11. The van der Waals surface area contributed by atoms with Crippen molar-refractivity contribution in [2.24, 2.45) is 0 Å². The van der Waals surface area contributed by atoms with Crippen molar-refractivity contribution in [3.63, 3.8) is 0 Å². The van der Waals surface area contributed by atoms with E-state index < -0.39 is 17.7 Å². The number of hydrogen-bond acceptors (Lipinski definition) is 5. The van der Waals surface area contributed by atoms with Gasteiger partial charge in [-0.1, -0.05) is 79.7 Å². The number of unbranched alkanes of at least 4 members (excludes halogenated alkanes) is 1. The van der Waals surface area contributed by atoms with E-state index in [9.17, 15) is 19.2 Å². The van der Waals surface area contributed by atoms with Gasteiger partial charge in [-0.3, -0.25) is 9.59 Å². The zero-order chi connectivity index (χ0) is 32.4. The number of piperidine rings is 1. The first-order valence-corrected chi connectivity index (χ1v) is 16.2. The standard InChI is InChI=1S/C36H43N5O5/c1-2-23-41-32(42)31(15-9-10-22-37-35(45)46-26-27-11-5-3-6-12-27)39-33(43)36(41)20-24-40(25-21-36)34(44)38-30-18-16-29(17-19-30)28-13-7-4-8-14-28/h3-8,11-14,16-19,31H,2,9-10,15,20-26H2,1H3,(H,37,45)(H,38,44)(H,39,43)/t31-/m0/s1. The normalized spacial score (nSPS) is 17.4. The number of ether oxygens (including phenoxy) is 1. The van der Waals surface area contributed by atoms with Crippen LogP contribution in [0.25, 0.3) is 11.1 Å². The van der Waals surface area contributed by atoms with E-state index in [1.165, 1.54) is 0 Å². The van der Waals surface area contributed by atoms with Crippen molar-refractivity contribution in [2.45, 2.75) is 63.6 Å². The Labute approximate surface area is 270 Å². The van der Waals surface area contributed by atoms with Crippen molar-refractivity contribution in [2.75, 3.05) is 31.5 Å². The molecule has 3 N–H and O–H groups in total. The van der Waals surface area contributed by atoms with Crippen LogP contribution in [0.3, 0.4) is 0 Å². The highest BCUT2D eigenvalue weighted by Gasteiger charge is 2.53. The second-order valence-corrected chi connectivity index (χ2v) is 11.9. The van der Waals surface area contributed by atoms with E-state index in [1.54, 1.807) is 9.80 Å². The predicted octanol–water partition coefficient (Wildman–Crippen LogP) is 5.55. The SMILES string of the molecule is CCCN1C(=O)[C@H](CCCCNC(=O)OCc2ccccc2)NC(=O)C12CCN(C(=O)Nc1ccc(-c3ccccc3)cc1)CC2. The molecule has 10 heteroatoms. The minimum absolute atomic E-state index is 0.0758. The molecule has 3 aromatic rings. The molecule has 0 bridgehead atoms. The second-order valence-electron chi connectivity index (χ2n) is 11.9. The highest BCUT2D eigenvalue weighted by atomic mass is 16.5. The number of hydrogen-bond donors (Lipinski definition) is 3.